The van der Waals surface area contributed by atoms with E-state index in [-0.39, 0.29) is 5.78 Å². The summed E-state index contributed by atoms with van der Waals surface area (Å²) in [5, 5.41) is 4.34. The number of nitrogens with zero attached hydrogens (tertiary/aromatic N) is 2. The number of hydrogen-bond donors (Lipinski definition) is 0. The predicted molar refractivity (Wildman–Crippen MR) is 80.0 cm³/mol. The number of benzene rings is 2. The van der Waals surface area contributed by atoms with Crippen molar-refractivity contribution in [3.8, 4) is 11.4 Å². The van der Waals surface area contributed by atoms with E-state index in [1.54, 1.807) is 48.3 Å². The summed E-state index contributed by atoms with van der Waals surface area (Å²) in [5.41, 5.74) is 1.93. The van der Waals surface area contributed by atoms with Crippen molar-refractivity contribution in [2.45, 2.75) is 0 Å². The van der Waals surface area contributed by atoms with E-state index < -0.39 is 0 Å². The zero-order chi connectivity index (χ0) is 14.7. The first-order valence-corrected chi connectivity index (χ1v) is 6.58. The Kier molecular flexibility index (Phi) is 3.51. The Morgan fingerprint density at radius 3 is 2.38 bits per heavy atom. The quantitative estimate of drug-likeness (QED) is 0.689. The first-order valence-electron chi connectivity index (χ1n) is 6.58. The molecule has 104 valence electrons. The lowest BCUT2D eigenvalue weighted by Gasteiger charge is -2.02. The summed E-state index contributed by atoms with van der Waals surface area (Å²) < 4.78 is 6.78. The molecule has 3 rings (SSSR count). The Hall–Kier alpha value is -2.88. The molecule has 0 amide bonds. The van der Waals surface area contributed by atoms with Crippen LogP contribution in [0.3, 0.4) is 0 Å². The number of ether oxygens (including phenoxy) is 1. The van der Waals surface area contributed by atoms with Crippen LogP contribution in [0.5, 0.6) is 5.75 Å². The minimum Gasteiger partial charge on any atom is -0.497 e. The highest BCUT2D eigenvalue weighted by Gasteiger charge is 2.12. The van der Waals surface area contributed by atoms with Gasteiger partial charge in [-0.05, 0) is 42.5 Å². The van der Waals surface area contributed by atoms with Crippen LogP contribution in [-0.2, 0) is 0 Å². The molecule has 0 radical (unpaired) electrons. The second kappa shape index (κ2) is 5.63. The summed E-state index contributed by atoms with van der Waals surface area (Å²) in [7, 11) is 1.60. The van der Waals surface area contributed by atoms with Crippen molar-refractivity contribution < 1.29 is 9.53 Å². The van der Waals surface area contributed by atoms with Crippen molar-refractivity contribution in [3.63, 3.8) is 0 Å². The van der Waals surface area contributed by atoms with Crippen LogP contribution in [0.4, 0.5) is 0 Å². The van der Waals surface area contributed by atoms with E-state index in [1.807, 2.05) is 30.3 Å². The maximum Gasteiger partial charge on any atom is 0.213 e. The van der Waals surface area contributed by atoms with Gasteiger partial charge < -0.3 is 4.74 Å². The Morgan fingerprint density at radius 1 is 1.00 bits per heavy atom. The molecular weight excluding hydrogens is 264 g/mol. The van der Waals surface area contributed by atoms with Crippen LogP contribution in [0.1, 0.15) is 16.1 Å². The van der Waals surface area contributed by atoms with Gasteiger partial charge in [0.1, 0.15) is 11.4 Å². The number of aromatic nitrogens is 2. The van der Waals surface area contributed by atoms with E-state index in [0.717, 1.165) is 11.4 Å². The first-order chi connectivity index (χ1) is 10.3. The van der Waals surface area contributed by atoms with Gasteiger partial charge in [0.2, 0.25) is 5.78 Å². The molecule has 0 spiro atoms. The molecule has 4 heteroatoms. The average Bonchev–Trinajstić information content (AvgIpc) is 3.05. The van der Waals surface area contributed by atoms with Crippen molar-refractivity contribution in [1.82, 2.24) is 9.78 Å². The lowest BCUT2D eigenvalue weighted by atomic mass is 10.1. The molecule has 0 bridgehead atoms. The topological polar surface area (TPSA) is 44.1 Å². The normalized spacial score (nSPS) is 10.3. The summed E-state index contributed by atoms with van der Waals surface area (Å²) in [4.78, 5) is 12.4. The zero-order valence-corrected chi connectivity index (χ0v) is 11.6. The number of methoxy groups -OCH3 is 1. The third kappa shape index (κ3) is 2.69. The number of para-hydroxylation sites is 1. The lowest BCUT2D eigenvalue weighted by molar-refractivity contribution is 0.103. The second-order valence-corrected chi connectivity index (χ2v) is 4.54. The molecular formula is C17H14N2O2. The van der Waals surface area contributed by atoms with Gasteiger partial charge in [-0.2, -0.15) is 5.10 Å². The van der Waals surface area contributed by atoms with Gasteiger partial charge in [-0.25, -0.2) is 4.68 Å². The Balaban J connectivity index is 1.87. The minimum atomic E-state index is -0.104. The molecule has 3 aromatic rings. The molecule has 0 saturated carbocycles. The van der Waals surface area contributed by atoms with Gasteiger partial charge in [-0.1, -0.05) is 18.2 Å². The Labute approximate surface area is 122 Å². The molecule has 0 aliphatic carbocycles. The number of carbonyl (C=O) groups excluding carboxylic acids is 1. The third-order valence-electron chi connectivity index (χ3n) is 3.19. The molecule has 1 aromatic heterocycles. The molecule has 2 aromatic carbocycles. The van der Waals surface area contributed by atoms with E-state index in [0.29, 0.717) is 11.3 Å². The van der Waals surface area contributed by atoms with Gasteiger partial charge in [0, 0.05) is 11.8 Å². The van der Waals surface area contributed by atoms with Gasteiger partial charge in [0.25, 0.3) is 0 Å². The van der Waals surface area contributed by atoms with Crippen LogP contribution in [0, 0.1) is 0 Å². The van der Waals surface area contributed by atoms with Crippen LogP contribution >= 0.6 is 0 Å². The number of carbonyl (C=O) groups is 1. The van der Waals surface area contributed by atoms with Crippen LogP contribution < -0.4 is 4.74 Å². The number of hydrogen-bond acceptors (Lipinski definition) is 3. The molecule has 0 N–H and O–H groups in total. The van der Waals surface area contributed by atoms with Gasteiger partial charge in [-0.15, -0.1) is 0 Å². The monoisotopic (exact) mass is 278 g/mol. The summed E-state index contributed by atoms with van der Waals surface area (Å²) >= 11 is 0. The Morgan fingerprint density at radius 2 is 1.71 bits per heavy atom. The third-order valence-corrected chi connectivity index (χ3v) is 3.19. The standard InChI is InChI=1S/C17H14N2O2/c1-21-15-9-7-13(8-10-15)17(20)16-11-12-19(18-16)14-5-3-2-4-6-14/h2-12H,1H3. The largest absolute Gasteiger partial charge is 0.497 e. The zero-order valence-electron chi connectivity index (χ0n) is 11.6. The smallest absolute Gasteiger partial charge is 0.213 e. The van der Waals surface area contributed by atoms with Crippen LogP contribution in [0.2, 0.25) is 0 Å². The van der Waals surface area contributed by atoms with Crippen molar-refractivity contribution in [3.05, 3.63) is 78.1 Å². The number of ketones is 1. The summed E-state index contributed by atoms with van der Waals surface area (Å²) in [5.74, 6) is 0.619. The minimum absolute atomic E-state index is 0.104. The maximum absolute atomic E-state index is 12.4. The van der Waals surface area contributed by atoms with Gasteiger partial charge >= 0.3 is 0 Å². The summed E-state index contributed by atoms with van der Waals surface area (Å²) in [6, 6.07) is 18.4. The highest BCUT2D eigenvalue weighted by Crippen LogP contribution is 2.15. The van der Waals surface area contributed by atoms with Crippen LogP contribution in [0.25, 0.3) is 5.69 Å². The fourth-order valence-electron chi connectivity index (χ4n) is 2.06. The SMILES string of the molecule is COc1ccc(C(=O)c2ccn(-c3ccccc3)n2)cc1. The highest BCUT2D eigenvalue weighted by atomic mass is 16.5. The van der Waals surface area contributed by atoms with Gasteiger partial charge in [0.15, 0.2) is 0 Å². The van der Waals surface area contributed by atoms with Gasteiger partial charge in [0.05, 0.1) is 12.8 Å². The maximum atomic E-state index is 12.4. The summed E-state index contributed by atoms with van der Waals surface area (Å²) in [6.45, 7) is 0. The fourth-order valence-corrected chi connectivity index (χ4v) is 2.06. The molecule has 4 nitrogen and oxygen atoms in total. The van der Waals surface area contributed by atoms with Crippen molar-refractivity contribution in [1.29, 1.82) is 0 Å². The predicted octanol–water partition coefficient (Wildman–Crippen LogP) is 3.11. The molecule has 0 unspecified atom stereocenters. The van der Waals surface area contributed by atoms with E-state index in [1.165, 1.54) is 0 Å². The first kappa shape index (κ1) is 13.1. The Bertz CT molecular complexity index is 746. The van der Waals surface area contributed by atoms with Crippen LogP contribution in [-0.4, -0.2) is 22.7 Å². The molecule has 0 fully saturated rings. The summed E-state index contributed by atoms with van der Waals surface area (Å²) in [6.07, 6.45) is 1.78. The molecule has 21 heavy (non-hydrogen) atoms. The van der Waals surface area contributed by atoms with Crippen molar-refractivity contribution in [2.75, 3.05) is 7.11 Å². The van der Waals surface area contributed by atoms with Crippen molar-refractivity contribution >= 4 is 5.78 Å². The van der Waals surface area contributed by atoms with E-state index in [9.17, 15) is 4.79 Å². The molecule has 0 atom stereocenters. The second-order valence-electron chi connectivity index (χ2n) is 4.54. The van der Waals surface area contributed by atoms with Gasteiger partial charge in [-0.3, -0.25) is 4.79 Å². The van der Waals surface area contributed by atoms with E-state index >= 15 is 0 Å². The lowest BCUT2D eigenvalue weighted by Crippen LogP contribution is -2.04. The highest BCUT2D eigenvalue weighted by molar-refractivity contribution is 6.07. The molecule has 0 saturated heterocycles. The fraction of sp³-hybridized carbons (Fsp3) is 0.0588. The molecule has 1 heterocycles. The van der Waals surface area contributed by atoms with E-state index in [4.69, 9.17) is 4.74 Å². The molecule has 0 aliphatic heterocycles. The van der Waals surface area contributed by atoms with Crippen LogP contribution in [0.15, 0.2) is 66.9 Å². The average molecular weight is 278 g/mol. The molecule has 0 aliphatic rings. The van der Waals surface area contributed by atoms with E-state index in [2.05, 4.69) is 5.10 Å². The number of rotatable bonds is 4. The van der Waals surface area contributed by atoms with Crippen molar-refractivity contribution in [2.24, 2.45) is 0 Å².